The summed E-state index contributed by atoms with van der Waals surface area (Å²) in [5, 5.41) is 2.77. The number of piperazine rings is 1. The van der Waals surface area contributed by atoms with Crippen molar-refractivity contribution < 1.29 is 14.0 Å². The molecule has 0 bridgehead atoms. The first-order chi connectivity index (χ1) is 14.0. The number of nitrogens with one attached hydrogen (secondary N) is 1. The van der Waals surface area contributed by atoms with Gasteiger partial charge in [0, 0.05) is 38.3 Å². The third-order valence-corrected chi connectivity index (χ3v) is 5.20. The van der Waals surface area contributed by atoms with Gasteiger partial charge < -0.3 is 10.2 Å². The van der Waals surface area contributed by atoms with Gasteiger partial charge in [-0.05, 0) is 49.6 Å². The number of hydrogen-bond donors (Lipinski definition) is 1. The zero-order chi connectivity index (χ0) is 20.6. The van der Waals surface area contributed by atoms with Crippen LogP contribution in [0.25, 0.3) is 0 Å². The number of anilines is 1. The van der Waals surface area contributed by atoms with E-state index in [1.54, 1.807) is 12.1 Å². The number of aryl methyl sites for hydroxylation is 2. The molecule has 2 aromatic rings. The van der Waals surface area contributed by atoms with Crippen molar-refractivity contribution in [1.29, 1.82) is 0 Å². The molecule has 3 rings (SSSR count). The maximum atomic E-state index is 12.9. The largest absolute Gasteiger partial charge is 0.340 e. The van der Waals surface area contributed by atoms with Gasteiger partial charge in [0.25, 0.3) is 0 Å². The molecule has 0 aromatic heterocycles. The van der Waals surface area contributed by atoms with E-state index in [-0.39, 0.29) is 24.2 Å². The Balaban J connectivity index is 1.34. The van der Waals surface area contributed by atoms with Gasteiger partial charge in [0.1, 0.15) is 5.82 Å². The van der Waals surface area contributed by atoms with Gasteiger partial charge in [-0.3, -0.25) is 14.5 Å². The summed E-state index contributed by atoms with van der Waals surface area (Å²) in [6, 6.07) is 14.2. The van der Waals surface area contributed by atoms with Crippen molar-refractivity contribution in [2.24, 2.45) is 0 Å². The molecule has 5 nitrogen and oxygen atoms in total. The van der Waals surface area contributed by atoms with Crippen LogP contribution in [0.2, 0.25) is 0 Å². The summed E-state index contributed by atoms with van der Waals surface area (Å²) in [6.07, 6.45) is 2.32. The molecule has 29 heavy (non-hydrogen) atoms. The van der Waals surface area contributed by atoms with E-state index >= 15 is 0 Å². The third-order valence-electron chi connectivity index (χ3n) is 5.20. The van der Waals surface area contributed by atoms with Crippen molar-refractivity contribution in [1.82, 2.24) is 9.80 Å². The summed E-state index contributed by atoms with van der Waals surface area (Å²) in [5.41, 5.74) is 3.09. The molecule has 2 amide bonds. The Bertz CT molecular complexity index is 813. The number of amides is 2. The molecule has 0 radical (unpaired) electrons. The van der Waals surface area contributed by atoms with E-state index in [1.807, 2.05) is 9.80 Å². The molecule has 1 N–H and O–H groups in total. The number of hydrogen-bond acceptors (Lipinski definition) is 3. The molecular weight excluding hydrogens is 369 g/mol. The van der Waals surface area contributed by atoms with E-state index in [0.29, 0.717) is 38.3 Å². The summed E-state index contributed by atoms with van der Waals surface area (Å²) in [7, 11) is 0. The van der Waals surface area contributed by atoms with Gasteiger partial charge in [-0.2, -0.15) is 0 Å². The molecule has 0 saturated carbocycles. The second-order valence-electron chi connectivity index (χ2n) is 7.55. The molecule has 1 heterocycles. The zero-order valence-electron chi connectivity index (χ0n) is 16.9. The van der Waals surface area contributed by atoms with Crippen LogP contribution in [0, 0.1) is 12.7 Å². The summed E-state index contributed by atoms with van der Waals surface area (Å²) in [4.78, 5) is 28.5. The van der Waals surface area contributed by atoms with Crippen molar-refractivity contribution in [3.8, 4) is 0 Å². The lowest BCUT2D eigenvalue weighted by molar-refractivity contribution is -0.133. The molecule has 154 valence electrons. The molecule has 0 unspecified atom stereocenters. The first-order valence-corrected chi connectivity index (χ1v) is 10.1. The lowest BCUT2D eigenvalue weighted by Gasteiger charge is -2.34. The maximum Gasteiger partial charge on any atom is 0.238 e. The van der Waals surface area contributed by atoms with Crippen LogP contribution in [0.5, 0.6) is 0 Å². The van der Waals surface area contributed by atoms with Crippen molar-refractivity contribution in [3.63, 3.8) is 0 Å². The highest BCUT2D eigenvalue weighted by atomic mass is 19.1. The van der Waals surface area contributed by atoms with Crippen LogP contribution < -0.4 is 5.32 Å². The Morgan fingerprint density at radius 3 is 2.28 bits per heavy atom. The number of carbonyl (C=O) groups is 2. The Hall–Kier alpha value is -2.73. The Labute approximate surface area is 171 Å². The highest BCUT2D eigenvalue weighted by molar-refractivity contribution is 5.92. The smallest absolute Gasteiger partial charge is 0.238 e. The van der Waals surface area contributed by atoms with Gasteiger partial charge in [-0.15, -0.1) is 0 Å². The Morgan fingerprint density at radius 1 is 0.966 bits per heavy atom. The average molecular weight is 397 g/mol. The summed E-state index contributed by atoms with van der Waals surface area (Å²) in [5.74, 6) is -0.273. The molecule has 1 aliphatic heterocycles. The average Bonchev–Trinajstić information content (AvgIpc) is 2.71. The van der Waals surface area contributed by atoms with Crippen LogP contribution in [-0.2, 0) is 16.0 Å². The summed E-state index contributed by atoms with van der Waals surface area (Å²) >= 11 is 0. The molecule has 1 aliphatic rings. The monoisotopic (exact) mass is 397 g/mol. The third kappa shape index (κ3) is 6.68. The normalized spacial score (nSPS) is 14.6. The van der Waals surface area contributed by atoms with Crippen molar-refractivity contribution in [3.05, 3.63) is 65.5 Å². The molecule has 0 atom stereocenters. The topological polar surface area (TPSA) is 52.7 Å². The van der Waals surface area contributed by atoms with E-state index in [1.165, 1.54) is 23.3 Å². The second kappa shape index (κ2) is 10.2. The van der Waals surface area contributed by atoms with E-state index in [2.05, 4.69) is 36.5 Å². The van der Waals surface area contributed by atoms with Crippen LogP contribution in [0.1, 0.15) is 24.0 Å². The van der Waals surface area contributed by atoms with Gasteiger partial charge in [0.2, 0.25) is 11.8 Å². The highest BCUT2D eigenvalue weighted by Crippen LogP contribution is 2.11. The number of rotatable bonds is 7. The van der Waals surface area contributed by atoms with Crippen LogP contribution in [0.3, 0.4) is 0 Å². The SMILES string of the molecule is Cc1ccc(CCCC(=O)N2CCN(CC(=O)Nc3ccc(F)cc3)CC2)cc1. The van der Waals surface area contributed by atoms with E-state index < -0.39 is 0 Å². The van der Waals surface area contributed by atoms with Gasteiger partial charge in [-0.1, -0.05) is 29.8 Å². The minimum atomic E-state index is -0.331. The zero-order valence-corrected chi connectivity index (χ0v) is 16.9. The first-order valence-electron chi connectivity index (χ1n) is 10.1. The van der Waals surface area contributed by atoms with Gasteiger partial charge in [0.15, 0.2) is 0 Å². The standard InChI is InChI=1S/C23H28FN3O2/c1-18-5-7-19(8-6-18)3-2-4-23(29)27-15-13-26(14-16-27)17-22(28)25-21-11-9-20(24)10-12-21/h5-12H,2-4,13-17H2,1H3,(H,25,28). The van der Waals surface area contributed by atoms with Crippen molar-refractivity contribution in [2.45, 2.75) is 26.2 Å². The van der Waals surface area contributed by atoms with Gasteiger partial charge in [0.05, 0.1) is 6.54 Å². The predicted molar refractivity (Wildman–Crippen MR) is 112 cm³/mol. The number of carbonyl (C=O) groups excluding carboxylic acids is 2. The molecule has 2 aromatic carbocycles. The lowest BCUT2D eigenvalue weighted by atomic mass is 10.1. The summed E-state index contributed by atoms with van der Waals surface area (Å²) < 4.78 is 12.9. The maximum absolute atomic E-state index is 12.9. The van der Waals surface area contributed by atoms with Gasteiger partial charge in [-0.25, -0.2) is 4.39 Å². The molecule has 1 fully saturated rings. The fraction of sp³-hybridized carbons (Fsp3) is 0.391. The number of benzene rings is 2. The van der Waals surface area contributed by atoms with Crippen LogP contribution >= 0.6 is 0 Å². The highest BCUT2D eigenvalue weighted by Gasteiger charge is 2.22. The molecule has 6 heteroatoms. The molecular formula is C23H28FN3O2. The minimum Gasteiger partial charge on any atom is -0.340 e. The van der Waals surface area contributed by atoms with Crippen molar-refractivity contribution in [2.75, 3.05) is 38.0 Å². The van der Waals surface area contributed by atoms with E-state index in [9.17, 15) is 14.0 Å². The Kier molecular flexibility index (Phi) is 7.36. The summed E-state index contributed by atoms with van der Waals surface area (Å²) in [6.45, 7) is 4.99. The lowest BCUT2D eigenvalue weighted by Crippen LogP contribution is -2.50. The first kappa shape index (κ1) is 21.0. The van der Waals surface area contributed by atoms with Crippen molar-refractivity contribution >= 4 is 17.5 Å². The number of nitrogens with zero attached hydrogens (tertiary/aromatic N) is 2. The van der Waals surface area contributed by atoms with E-state index in [0.717, 1.165) is 12.8 Å². The molecule has 1 saturated heterocycles. The quantitative estimate of drug-likeness (QED) is 0.780. The predicted octanol–water partition coefficient (Wildman–Crippen LogP) is 3.24. The minimum absolute atomic E-state index is 0.130. The fourth-order valence-electron chi connectivity index (χ4n) is 3.45. The fourth-order valence-corrected chi connectivity index (χ4v) is 3.45. The molecule has 0 aliphatic carbocycles. The Morgan fingerprint density at radius 2 is 1.62 bits per heavy atom. The van der Waals surface area contributed by atoms with Crippen LogP contribution in [0.4, 0.5) is 10.1 Å². The molecule has 0 spiro atoms. The van der Waals surface area contributed by atoms with Gasteiger partial charge >= 0.3 is 0 Å². The van der Waals surface area contributed by atoms with Crippen LogP contribution in [-0.4, -0.2) is 54.3 Å². The second-order valence-corrected chi connectivity index (χ2v) is 7.55. The van der Waals surface area contributed by atoms with Crippen LogP contribution in [0.15, 0.2) is 48.5 Å². The number of halogens is 1. The van der Waals surface area contributed by atoms with E-state index in [4.69, 9.17) is 0 Å².